The number of benzene rings is 1. The zero-order valence-electron chi connectivity index (χ0n) is 12.3. The quantitative estimate of drug-likeness (QED) is 0.602. The molecule has 0 aliphatic heterocycles. The summed E-state index contributed by atoms with van der Waals surface area (Å²) in [6.07, 6.45) is 0. The van der Waals surface area contributed by atoms with Gasteiger partial charge in [-0.1, -0.05) is 18.2 Å². The predicted octanol–water partition coefficient (Wildman–Crippen LogP) is 1.86. The van der Waals surface area contributed by atoms with Crippen LogP contribution in [0.4, 0.5) is 5.69 Å². The molecule has 0 saturated heterocycles. The number of hydrogen-bond donors (Lipinski definition) is 0. The molecule has 1 rings (SSSR count). The fourth-order valence-corrected chi connectivity index (χ4v) is 1.80. The molecule has 1 aromatic carbocycles. The molecule has 0 heterocycles. The number of nitrogens with zero attached hydrogens (tertiary/aromatic N) is 4. The van der Waals surface area contributed by atoms with E-state index in [0.717, 1.165) is 18.2 Å². The molecule has 0 N–H and O–H groups in total. The highest BCUT2D eigenvalue weighted by Crippen LogP contribution is 2.20. The molecular formula is C14H24N4. The zero-order valence-corrected chi connectivity index (χ0v) is 12.3. The molecule has 0 aliphatic rings. The Hall–Kier alpha value is -1.55. The van der Waals surface area contributed by atoms with Gasteiger partial charge < -0.3 is 14.7 Å². The molecule has 0 spiro atoms. The Morgan fingerprint density at radius 2 is 1.50 bits per heavy atom. The highest BCUT2D eigenvalue weighted by Gasteiger charge is 2.07. The Morgan fingerprint density at radius 1 is 0.944 bits per heavy atom. The molecule has 4 heteroatoms. The Bertz CT molecular complexity index is 398. The summed E-state index contributed by atoms with van der Waals surface area (Å²) in [5.41, 5.74) is 2.27. The molecule has 0 fully saturated rings. The third-order valence-electron chi connectivity index (χ3n) is 2.50. The summed E-state index contributed by atoms with van der Waals surface area (Å²) in [7, 11) is 12.2. The second-order valence-electron chi connectivity index (χ2n) is 5.07. The van der Waals surface area contributed by atoms with E-state index in [-0.39, 0.29) is 0 Å². The SMILES string of the molecule is CN(C)Cc1ccccc1N=C(N(C)C)N(C)C. The van der Waals surface area contributed by atoms with E-state index in [1.165, 1.54) is 5.56 Å². The Morgan fingerprint density at radius 3 is 2.00 bits per heavy atom. The van der Waals surface area contributed by atoms with Crippen LogP contribution in [0.15, 0.2) is 29.3 Å². The maximum Gasteiger partial charge on any atom is 0.200 e. The van der Waals surface area contributed by atoms with Crippen molar-refractivity contribution in [3.05, 3.63) is 29.8 Å². The van der Waals surface area contributed by atoms with E-state index < -0.39 is 0 Å². The standard InChI is InChI=1S/C14H24N4/c1-16(2)11-12-9-7-8-10-13(12)15-14(17(3)4)18(5)6/h7-10H,11H2,1-6H3. The van der Waals surface area contributed by atoms with Crippen LogP contribution in [-0.2, 0) is 6.54 Å². The van der Waals surface area contributed by atoms with Crippen molar-refractivity contribution in [3.63, 3.8) is 0 Å². The lowest BCUT2D eigenvalue weighted by Gasteiger charge is -2.23. The highest BCUT2D eigenvalue weighted by molar-refractivity contribution is 5.82. The largest absolute Gasteiger partial charge is 0.349 e. The first-order valence-electron chi connectivity index (χ1n) is 6.07. The minimum atomic E-state index is 0.897. The Balaban J connectivity index is 3.12. The van der Waals surface area contributed by atoms with Gasteiger partial charge in [0, 0.05) is 34.7 Å². The van der Waals surface area contributed by atoms with Crippen LogP contribution in [0.25, 0.3) is 0 Å². The number of aliphatic imine (C=N–C) groups is 1. The molecule has 0 aromatic heterocycles. The van der Waals surface area contributed by atoms with Gasteiger partial charge in [0.25, 0.3) is 0 Å². The molecule has 0 radical (unpaired) electrons. The van der Waals surface area contributed by atoms with Crippen molar-refractivity contribution in [3.8, 4) is 0 Å². The van der Waals surface area contributed by atoms with Gasteiger partial charge in [-0.3, -0.25) is 0 Å². The van der Waals surface area contributed by atoms with E-state index in [1.54, 1.807) is 0 Å². The fourth-order valence-electron chi connectivity index (χ4n) is 1.80. The first kappa shape index (κ1) is 14.5. The van der Waals surface area contributed by atoms with Gasteiger partial charge in [-0.25, -0.2) is 4.99 Å². The second-order valence-corrected chi connectivity index (χ2v) is 5.07. The van der Waals surface area contributed by atoms with Crippen LogP contribution < -0.4 is 0 Å². The van der Waals surface area contributed by atoms with Crippen molar-refractivity contribution < 1.29 is 0 Å². The third kappa shape index (κ3) is 4.04. The van der Waals surface area contributed by atoms with Crippen molar-refractivity contribution in [2.75, 3.05) is 42.3 Å². The normalized spacial score (nSPS) is 10.4. The minimum absolute atomic E-state index is 0.897. The first-order valence-corrected chi connectivity index (χ1v) is 6.07. The van der Waals surface area contributed by atoms with Gasteiger partial charge in [-0.2, -0.15) is 0 Å². The average Bonchev–Trinajstić information content (AvgIpc) is 2.26. The van der Waals surface area contributed by atoms with Crippen LogP contribution in [0.1, 0.15) is 5.56 Å². The number of para-hydroxylation sites is 1. The molecule has 0 amide bonds. The third-order valence-corrected chi connectivity index (χ3v) is 2.50. The maximum absolute atomic E-state index is 4.75. The van der Waals surface area contributed by atoms with Gasteiger partial charge in [0.1, 0.15) is 0 Å². The van der Waals surface area contributed by atoms with Gasteiger partial charge in [-0.15, -0.1) is 0 Å². The molecule has 4 nitrogen and oxygen atoms in total. The van der Waals surface area contributed by atoms with Crippen LogP contribution in [0.5, 0.6) is 0 Å². The van der Waals surface area contributed by atoms with Crippen molar-refractivity contribution >= 4 is 11.6 Å². The van der Waals surface area contributed by atoms with Gasteiger partial charge in [0.05, 0.1) is 5.69 Å². The van der Waals surface area contributed by atoms with Gasteiger partial charge in [-0.05, 0) is 25.7 Å². The molecule has 0 aliphatic carbocycles. The van der Waals surface area contributed by atoms with Crippen LogP contribution in [0.2, 0.25) is 0 Å². The van der Waals surface area contributed by atoms with Gasteiger partial charge in [0.2, 0.25) is 5.96 Å². The summed E-state index contributed by atoms with van der Waals surface area (Å²) in [6.45, 7) is 0.897. The van der Waals surface area contributed by atoms with Crippen molar-refractivity contribution in [2.24, 2.45) is 4.99 Å². The summed E-state index contributed by atoms with van der Waals surface area (Å²) in [5, 5.41) is 0. The van der Waals surface area contributed by atoms with E-state index in [4.69, 9.17) is 4.99 Å². The summed E-state index contributed by atoms with van der Waals surface area (Å²) in [6, 6.07) is 8.28. The lowest BCUT2D eigenvalue weighted by atomic mass is 10.2. The monoisotopic (exact) mass is 248 g/mol. The van der Waals surface area contributed by atoms with Gasteiger partial charge >= 0.3 is 0 Å². The average molecular weight is 248 g/mol. The summed E-state index contributed by atoms with van der Waals surface area (Å²) < 4.78 is 0. The lowest BCUT2D eigenvalue weighted by Crippen LogP contribution is -2.35. The van der Waals surface area contributed by atoms with Crippen molar-refractivity contribution in [2.45, 2.75) is 6.54 Å². The lowest BCUT2D eigenvalue weighted by molar-refractivity contribution is 0.403. The maximum atomic E-state index is 4.75. The summed E-state index contributed by atoms with van der Waals surface area (Å²) in [4.78, 5) is 10.9. The highest BCUT2D eigenvalue weighted by atomic mass is 15.3. The first-order chi connectivity index (χ1) is 8.41. The zero-order chi connectivity index (χ0) is 13.7. The van der Waals surface area contributed by atoms with E-state index in [9.17, 15) is 0 Å². The molecule has 18 heavy (non-hydrogen) atoms. The smallest absolute Gasteiger partial charge is 0.200 e. The molecule has 0 saturated carbocycles. The number of hydrogen-bond acceptors (Lipinski definition) is 2. The van der Waals surface area contributed by atoms with E-state index >= 15 is 0 Å². The van der Waals surface area contributed by atoms with E-state index in [1.807, 2.05) is 44.1 Å². The molecule has 0 unspecified atom stereocenters. The van der Waals surface area contributed by atoms with E-state index in [0.29, 0.717) is 0 Å². The molecule has 0 atom stereocenters. The van der Waals surface area contributed by atoms with Crippen LogP contribution in [0.3, 0.4) is 0 Å². The van der Waals surface area contributed by atoms with Crippen molar-refractivity contribution in [1.29, 1.82) is 0 Å². The predicted molar refractivity (Wildman–Crippen MR) is 78.3 cm³/mol. The van der Waals surface area contributed by atoms with E-state index in [2.05, 4.69) is 37.2 Å². The molecule has 1 aromatic rings. The van der Waals surface area contributed by atoms with Crippen LogP contribution in [-0.4, -0.2) is 62.9 Å². The fraction of sp³-hybridized carbons (Fsp3) is 0.500. The van der Waals surface area contributed by atoms with Crippen molar-refractivity contribution in [1.82, 2.24) is 14.7 Å². The second kappa shape index (κ2) is 6.40. The molecule has 100 valence electrons. The van der Waals surface area contributed by atoms with Crippen LogP contribution >= 0.6 is 0 Å². The van der Waals surface area contributed by atoms with Crippen LogP contribution in [0, 0.1) is 0 Å². The summed E-state index contributed by atoms with van der Waals surface area (Å²) in [5.74, 6) is 0.946. The molecule has 0 bridgehead atoms. The Labute approximate surface area is 111 Å². The topological polar surface area (TPSA) is 22.1 Å². The number of rotatable bonds is 3. The molecular weight excluding hydrogens is 224 g/mol. The summed E-state index contributed by atoms with van der Waals surface area (Å²) >= 11 is 0. The number of guanidine groups is 1. The Kier molecular flexibility index (Phi) is 5.16. The van der Waals surface area contributed by atoms with Gasteiger partial charge in [0.15, 0.2) is 0 Å². The minimum Gasteiger partial charge on any atom is -0.349 e.